The van der Waals surface area contributed by atoms with Crippen molar-refractivity contribution >= 4 is 11.9 Å². The Morgan fingerprint density at radius 1 is 1.25 bits per heavy atom. The standard InChI is InChI=1S/C23H34O5/c1-15-9-7-10-16(2)13-20(27-18(4)24)19-14-21(28-22(25)17(19)3)23(5,26-6)12-8-11-15/h10-11,19-21H,3,7-9,12-14H2,1-2,4-6H3. The fraction of sp³-hybridized carbons (Fsp3) is 0.652. The maximum Gasteiger partial charge on any atom is 0.334 e. The molecule has 4 unspecified atom stereocenters. The zero-order chi connectivity index (χ0) is 20.9. The van der Waals surface area contributed by atoms with Gasteiger partial charge in [-0.1, -0.05) is 29.9 Å². The Hall–Kier alpha value is -1.88. The maximum atomic E-state index is 12.6. The molecule has 0 aromatic rings. The van der Waals surface area contributed by atoms with E-state index >= 15 is 0 Å². The first-order valence-corrected chi connectivity index (χ1v) is 10.1. The van der Waals surface area contributed by atoms with Crippen molar-refractivity contribution < 1.29 is 23.8 Å². The second-order valence-corrected chi connectivity index (χ2v) is 8.31. The van der Waals surface area contributed by atoms with Crippen molar-refractivity contribution in [3.63, 3.8) is 0 Å². The normalized spacial score (nSPS) is 32.5. The van der Waals surface area contributed by atoms with E-state index in [9.17, 15) is 9.59 Å². The molecule has 2 bridgehead atoms. The molecule has 0 radical (unpaired) electrons. The Morgan fingerprint density at radius 3 is 2.57 bits per heavy atom. The minimum Gasteiger partial charge on any atom is -0.462 e. The number of allylic oxidation sites excluding steroid dienone is 3. The molecular weight excluding hydrogens is 356 g/mol. The molecular formula is C23H34O5. The molecule has 1 aliphatic carbocycles. The highest BCUT2D eigenvalue weighted by Gasteiger charge is 2.46. The lowest BCUT2D eigenvalue weighted by molar-refractivity contribution is -0.178. The van der Waals surface area contributed by atoms with Crippen LogP contribution in [0, 0.1) is 5.92 Å². The van der Waals surface area contributed by atoms with Gasteiger partial charge in [-0.3, -0.25) is 4.79 Å². The van der Waals surface area contributed by atoms with E-state index in [-0.39, 0.29) is 11.9 Å². The first kappa shape index (κ1) is 22.4. The molecule has 1 aliphatic heterocycles. The number of carbonyl (C=O) groups excluding carboxylic acids is 2. The molecule has 2 rings (SSSR count). The summed E-state index contributed by atoms with van der Waals surface area (Å²) >= 11 is 0. The van der Waals surface area contributed by atoms with E-state index in [1.807, 2.05) is 13.8 Å². The summed E-state index contributed by atoms with van der Waals surface area (Å²) in [5.74, 6) is -1.06. The zero-order valence-electron chi connectivity index (χ0n) is 17.9. The average molecular weight is 391 g/mol. The van der Waals surface area contributed by atoms with Gasteiger partial charge in [0, 0.05) is 31.9 Å². The minimum absolute atomic E-state index is 0.284. The Labute approximate surface area is 168 Å². The lowest BCUT2D eigenvalue weighted by Gasteiger charge is -2.42. The van der Waals surface area contributed by atoms with Crippen molar-refractivity contribution in [2.75, 3.05) is 7.11 Å². The van der Waals surface area contributed by atoms with Crippen LogP contribution in [-0.4, -0.2) is 36.9 Å². The fourth-order valence-corrected chi connectivity index (χ4v) is 4.06. The third kappa shape index (κ3) is 5.57. The number of methoxy groups -OCH3 is 1. The smallest absolute Gasteiger partial charge is 0.334 e. The average Bonchev–Trinajstić information content (AvgIpc) is 2.62. The molecule has 0 aromatic heterocycles. The molecule has 1 heterocycles. The molecule has 1 saturated heterocycles. The van der Waals surface area contributed by atoms with Gasteiger partial charge in [-0.2, -0.15) is 0 Å². The van der Waals surface area contributed by atoms with Crippen LogP contribution in [0.1, 0.15) is 66.2 Å². The summed E-state index contributed by atoms with van der Waals surface area (Å²) in [4.78, 5) is 24.3. The first-order valence-electron chi connectivity index (χ1n) is 10.1. The van der Waals surface area contributed by atoms with Crippen molar-refractivity contribution in [2.45, 2.75) is 84.0 Å². The van der Waals surface area contributed by atoms with Gasteiger partial charge in [0.2, 0.25) is 0 Å². The van der Waals surface area contributed by atoms with Crippen LogP contribution in [-0.2, 0) is 23.8 Å². The summed E-state index contributed by atoms with van der Waals surface area (Å²) in [5, 5.41) is 0. The Balaban J connectivity index is 2.42. The van der Waals surface area contributed by atoms with Crippen LogP contribution in [0.3, 0.4) is 0 Å². The molecule has 5 heteroatoms. The second kappa shape index (κ2) is 9.55. The van der Waals surface area contributed by atoms with E-state index in [0.717, 1.165) is 31.3 Å². The quantitative estimate of drug-likeness (QED) is 0.390. The minimum atomic E-state index is -0.610. The summed E-state index contributed by atoms with van der Waals surface area (Å²) in [6.45, 7) is 11.5. The fourth-order valence-electron chi connectivity index (χ4n) is 4.06. The molecule has 0 aromatic carbocycles. The summed E-state index contributed by atoms with van der Waals surface area (Å²) in [6, 6.07) is 0. The van der Waals surface area contributed by atoms with Crippen molar-refractivity contribution in [3.05, 3.63) is 35.5 Å². The Morgan fingerprint density at radius 2 is 1.93 bits per heavy atom. The van der Waals surface area contributed by atoms with Gasteiger partial charge in [0.05, 0.1) is 0 Å². The highest BCUT2D eigenvalue weighted by atomic mass is 16.6. The number of esters is 2. The van der Waals surface area contributed by atoms with Crippen molar-refractivity contribution in [1.82, 2.24) is 0 Å². The van der Waals surface area contributed by atoms with Crippen LogP contribution in [0.4, 0.5) is 0 Å². The number of fused-ring (bicyclic) bond motifs is 2. The summed E-state index contributed by atoms with van der Waals surface area (Å²) < 4.78 is 17.2. The van der Waals surface area contributed by atoms with Crippen LogP contribution in [0.25, 0.3) is 0 Å². The van der Waals surface area contributed by atoms with Crippen molar-refractivity contribution in [2.24, 2.45) is 5.92 Å². The van der Waals surface area contributed by atoms with Gasteiger partial charge in [-0.25, -0.2) is 4.79 Å². The molecule has 0 spiro atoms. The second-order valence-electron chi connectivity index (χ2n) is 8.31. The van der Waals surface area contributed by atoms with E-state index in [1.165, 1.54) is 12.5 Å². The number of hydrogen-bond acceptors (Lipinski definition) is 5. The van der Waals surface area contributed by atoms with Crippen LogP contribution in [0.5, 0.6) is 0 Å². The monoisotopic (exact) mass is 390 g/mol. The van der Waals surface area contributed by atoms with E-state index in [1.54, 1.807) is 7.11 Å². The molecule has 5 nitrogen and oxygen atoms in total. The Kier molecular flexibility index (Phi) is 7.64. The highest BCUT2D eigenvalue weighted by Crippen LogP contribution is 2.39. The van der Waals surface area contributed by atoms with Crippen LogP contribution in [0.2, 0.25) is 0 Å². The van der Waals surface area contributed by atoms with E-state index < -0.39 is 23.8 Å². The molecule has 2 aliphatic rings. The van der Waals surface area contributed by atoms with Crippen molar-refractivity contribution in [1.29, 1.82) is 0 Å². The molecule has 28 heavy (non-hydrogen) atoms. The summed E-state index contributed by atoms with van der Waals surface area (Å²) in [7, 11) is 1.66. The molecule has 0 amide bonds. The van der Waals surface area contributed by atoms with Gasteiger partial charge in [0.1, 0.15) is 17.8 Å². The molecule has 4 atom stereocenters. The lowest BCUT2D eigenvalue weighted by Crippen LogP contribution is -2.50. The van der Waals surface area contributed by atoms with Crippen LogP contribution in [0.15, 0.2) is 35.5 Å². The molecule has 1 fully saturated rings. The lowest BCUT2D eigenvalue weighted by atomic mass is 9.78. The Bertz CT molecular complexity index is 674. The van der Waals surface area contributed by atoms with Crippen LogP contribution >= 0.6 is 0 Å². The SMILES string of the molecule is C=C1C(=O)OC2CC1C(OC(C)=O)CC(C)=CCCC(C)=CCCC2(C)OC. The van der Waals surface area contributed by atoms with Crippen LogP contribution < -0.4 is 0 Å². The highest BCUT2D eigenvalue weighted by molar-refractivity contribution is 5.89. The third-order valence-electron chi connectivity index (χ3n) is 6.03. The first-order chi connectivity index (χ1) is 13.2. The van der Waals surface area contributed by atoms with Gasteiger partial charge in [-0.05, 0) is 52.9 Å². The number of ether oxygens (including phenoxy) is 3. The zero-order valence-corrected chi connectivity index (χ0v) is 17.9. The topological polar surface area (TPSA) is 61.8 Å². The van der Waals surface area contributed by atoms with Gasteiger partial charge in [0.15, 0.2) is 0 Å². The molecule has 0 N–H and O–H groups in total. The predicted octanol–water partition coefficient (Wildman–Crippen LogP) is 4.67. The summed E-state index contributed by atoms with van der Waals surface area (Å²) in [6.07, 6.45) is 8.23. The largest absolute Gasteiger partial charge is 0.462 e. The number of rotatable bonds is 2. The summed E-state index contributed by atoms with van der Waals surface area (Å²) in [5.41, 5.74) is 2.25. The molecule has 0 saturated carbocycles. The van der Waals surface area contributed by atoms with Gasteiger partial charge < -0.3 is 14.2 Å². The van der Waals surface area contributed by atoms with E-state index in [2.05, 4.69) is 25.7 Å². The number of hydrogen-bond donors (Lipinski definition) is 0. The molecule has 156 valence electrons. The van der Waals surface area contributed by atoms with Gasteiger partial charge in [0.25, 0.3) is 0 Å². The van der Waals surface area contributed by atoms with E-state index in [4.69, 9.17) is 14.2 Å². The van der Waals surface area contributed by atoms with Gasteiger partial charge >= 0.3 is 11.9 Å². The van der Waals surface area contributed by atoms with Gasteiger partial charge in [-0.15, -0.1) is 0 Å². The predicted molar refractivity (Wildman–Crippen MR) is 109 cm³/mol. The third-order valence-corrected chi connectivity index (χ3v) is 6.03. The van der Waals surface area contributed by atoms with Crippen molar-refractivity contribution in [3.8, 4) is 0 Å². The maximum absolute atomic E-state index is 12.6. The van der Waals surface area contributed by atoms with E-state index in [0.29, 0.717) is 18.4 Å². The number of carbonyl (C=O) groups is 2.